The molecule has 13 heteroatoms. The summed E-state index contributed by atoms with van der Waals surface area (Å²) in [7, 11) is 1.30. The number of esters is 1. The number of nitrogens with zero attached hydrogens (tertiary/aromatic N) is 2. The number of rotatable bonds is 14. The van der Waals surface area contributed by atoms with E-state index in [1.54, 1.807) is 45.2 Å². The Labute approximate surface area is 314 Å². The molecule has 1 aliphatic heterocycles. The maximum absolute atomic E-state index is 12.7. The molecule has 1 amide bonds. The van der Waals surface area contributed by atoms with Crippen molar-refractivity contribution in [3.05, 3.63) is 99.8 Å². The molecule has 5 rings (SSSR count). The lowest BCUT2D eigenvalue weighted by molar-refractivity contribution is -0.143. The molecule has 12 nitrogen and oxygen atoms in total. The molecule has 0 saturated heterocycles. The average Bonchev–Trinajstić information content (AvgIpc) is 3.14. The van der Waals surface area contributed by atoms with E-state index in [4.69, 9.17) is 40.0 Å². The Balaban J connectivity index is 1.34. The maximum Gasteiger partial charge on any atom is 0.407 e. The van der Waals surface area contributed by atoms with E-state index < -0.39 is 23.7 Å². The number of alkyl carbamates (subject to hydrolysis) is 1. The number of aromatic nitrogens is 1. The van der Waals surface area contributed by atoms with E-state index in [0.29, 0.717) is 52.2 Å². The van der Waals surface area contributed by atoms with Crippen LogP contribution in [0.25, 0.3) is 11.1 Å². The van der Waals surface area contributed by atoms with Crippen molar-refractivity contribution in [1.82, 2.24) is 15.6 Å². The van der Waals surface area contributed by atoms with Crippen LogP contribution in [-0.4, -0.2) is 55.6 Å². The van der Waals surface area contributed by atoms with Crippen LogP contribution in [0, 0.1) is 18.3 Å². The van der Waals surface area contributed by atoms with E-state index in [2.05, 4.69) is 27.8 Å². The molecule has 278 valence electrons. The minimum absolute atomic E-state index is 0.105. The van der Waals surface area contributed by atoms with Crippen molar-refractivity contribution < 1.29 is 38.0 Å². The first-order valence-corrected chi connectivity index (χ1v) is 17.5. The fraction of sp³-hybridized carbons (Fsp3) is 0.350. The van der Waals surface area contributed by atoms with Gasteiger partial charge in [0.2, 0.25) is 0 Å². The summed E-state index contributed by atoms with van der Waals surface area (Å²) in [5.74, 6) is 1.78. The molecule has 2 N–H and O–H groups in total. The third kappa shape index (κ3) is 10.8. The van der Waals surface area contributed by atoms with Crippen molar-refractivity contribution in [2.45, 2.75) is 65.5 Å². The number of nitrogens with one attached hydrogen (secondary N) is 2. The summed E-state index contributed by atoms with van der Waals surface area (Å²) >= 11 is 6.80. The van der Waals surface area contributed by atoms with Gasteiger partial charge >= 0.3 is 12.1 Å². The molecule has 0 fully saturated rings. The number of fused-ring (bicyclic) bond motifs is 1. The minimum Gasteiger partial charge on any atom is -0.488 e. The smallest absolute Gasteiger partial charge is 0.407 e. The van der Waals surface area contributed by atoms with Crippen LogP contribution in [0.4, 0.5) is 4.79 Å². The van der Waals surface area contributed by atoms with E-state index >= 15 is 0 Å². The van der Waals surface area contributed by atoms with Crippen molar-refractivity contribution in [2.75, 3.05) is 26.9 Å². The SMILES string of the molecule is COC(=O)[C@H](CCNC(=O)OC(C)(C)C)NCc1cc(Cl)c(OCc2cccc(-c3ccc4c(c3)OCCO4)c2C)cc1OCc1cncc(C#N)c1. The molecule has 53 heavy (non-hydrogen) atoms. The van der Waals surface area contributed by atoms with Crippen LogP contribution >= 0.6 is 11.6 Å². The largest absolute Gasteiger partial charge is 0.488 e. The van der Waals surface area contributed by atoms with Crippen LogP contribution in [0.2, 0.25) is 5.02 Å². The highest BCUT2D eigenvalue weighted by Gasteiger charge is 2.22. The molecule has 1 atom stereocenters. The van der Waals surface area contributed by atoms with Gasteiger partial charge in [0.25, 0.3) is 0 Å². The number of carbonyl (C=O) groups is 2. The van der Waals surface area contributed by atoms with Gasteiger partial charge in [0.15, 0.2) is 11.5 Å². The molecule has 0 aliphatic carbocycles. The number of nitriles is 1. The fourth-order valence-electron chi connectivity index (χ4n) is 5.58. The molecule has 1 aliphatic rings. The predicted octanol–water partition coefficient (Wildman–Crippen LogP) is 7.06. The zero-order valence-electron chi connectivity index (χ0n) is 30.4. The Morgan fingerprint density at radius 2 is 1.75 bits per heavy atom. The highest BCUT2D eigenvalue weighted by molar-refractivity contribution is 6.32. The second-order valence-electron chi connectivity index (χ2n) is 13.3. The molecule has 1 aromatic heterocycles. The summed E-state index contributed by atoms with van der Waals surface area (Å²) in [5, 5.41) is 15.5. The number of carbonyl (C=O) groups excluding carboxylic acids is 2. The van der Waals surface area contributed by atoms with Gasteiger partial charge in [-0.05, 0) is 80.6 Å². The van der Waals surface area contributed by atoms with Crippen molar-refractivity contribution in [1.29, 1.82) is 5.26 Å². The van der Waals surface area contributed by atoms with Gasteiger partial charge in [-0.25, -0.2) is 4.79 Å². The predicted molar refractivity (Wildman–Crippen MR) is 198 cm³/mol. The summed E-state index contributed by atoms with van der Waals surface area (Å²) in [6.45, 7) is 9.04. The number of ether oxygens (including phenoxy) is 6. The quantitative estimate of drug-likeness (QED) is 0.128. The zero-order valence-corrected chi connectivity index (χ0v) is 31.2. The summed E-state index contributed by atoms with van der Waals surface area (Å²) in [6.07, 6.45) is 2.74. The van der Waals surface area contributed by atoms with Gasteiger partial charge in [0, 0.05) is 42.7 Å². The number of hydrogen-bond donors (Lipinski definition) is 2. The Bertz CT molecular complexity index is 1970. The molecular weight excluding hydrogens is 700 g/mol. The summed E-state index contributed by atoms with van der Waals surface area (Å²) in [5.41, 5.74) is 5.11. The lowest BCUT2D eigenvalue weighted by Gasteiger charge is -2.21. The van der Waals surface area contributed by atoms with Crippen molar-refractivity contribution >= 4 is 23.7 Å². The van der Waals surface area contributed by atoms with Crippen LogP contribution in [-0.2, 0) is 34.0 Å². The van der Waals surface area contributed by atoms with Gasteiger partial charge in [-0.1, -0.05) is 35.9 Å². The molecule has 0 unspecified atom stereocenters. The number of methoxy groups -OCH3 is 1. The Morgan fingerprint density at radius 1 is 0.981 bits per heavy atom. The molecule has 4 aromatic rings. The average molecular weight is 743 g/mol. The van der Waals surface area contributed by atoms with Crippen molar-refractivity contribution in [3.63, 3.8) is 0 Å². The highest BCUT2D eigenvalue weighted by Crippen LogP contribution is 2.37. The molecule has 0 bridgehead atoms. The topological polar surface area (TPSA) is 150 Å². The number of pyridine rings is 1. The van der Waals surface area contributed by atoms with Gasteiger partial charge < -0.3 is 39.1 Å². The first kappa shape index (κ1) is 38.7. The van der Waals surface area contributed by atoms with E-state index in [9.17, 15) is 14.9 Å². The Hall–Kier alpha value is -5.51. The van der Waals surface area contributed by atoms with Crippen LogP contribution in [0.15, 0.2) is 67.0 Å². The molecule has 3 aromatic carbocycles. The van der Waals surface area contributed by atoms with Gasteiger partial charge in [-0.2, -0.15) is 5.26 Å². The van der Waals surface area contributed by atoms with E-state index in [1.165, 1.54) is 13.3 Å². The molecule has 0 radical (unpaired) electrons. The van der Waals surface area contributed by atoms with Crippen LogP contribution in [0.1, 0.15) is 55.0 Å². The monoisotopic (exact) mass is 742 g/mol. The maximum atomic E-state index is 12.7. The summed E-state index contributed by atoms with van der Waals surface area (Å²) < 4.78 is 34.4. The summed E-state index contributed by atoms with van der Waals surface area (Å²) in [4.78, 5) is 29.0. The third-order valence-corrected chi connectivity index (χ3v) is 8.54. The van der Waals surface area contributed by atoms with E-state index in [1.807, 2.05) is 37.3 Å². The minimum atomic E-state index is -0.765. The lowest BCUT2D eigenvalue weighted by Crippen LogP contribution is -2.41. The second-order valence-corrected chi connectivity index (χ2v) is 13.7. The van der Waals surface area contributed by atoms with Crippen molar-refractivity contribution in [3.8, 4) is 40.2 Å². The Kier molecular flexibility index (Phi) is 13.0. The van der Waals surface area contributed by atoms with E-state index in [-0.39, 0.29) is 32.7 Å². The molecule has 2 heterocycles. The van der Waals surface area contributed by atoms with Crippen LogP contribution < -0.4 is 29.6 Å². The first-order chi connectivity index (χ1) is 25.4. The van der Waals surface area contributed by atoms with Crippen LogP contribution in [0.5, 0.6) is 23.0 Å². The standard InChI is InChI=1S/C40H43ClN4O8/c1-25-29(7-6-8-31(25)28-9-10-34-37(17-28)50-14-13-49-34)24-52-36-18-35(51-23-27-15-26(19-42)20-43-21-27)30(16-32(36)41)22-45-33(38(46)48-5)11-12-44-39(47)53-40(2,3)4/h6-10,15-18,20-21,33,45H,11-14,22-24H2,1-5H3,(H,44,47)/t33-/m0/s1. The van der Waals surface area contributed by atoms with Crippen LogP contribution in [0.3, 0.4) is 0 Å². The fourth-order valence-corrected chi connectivity index (χ4v) is 5.82. The molecule has 0 spiro atoms. The Morgan fingerprint density at radius 3 is 2.51 bits per heavy atom. The van der Waals surface area contributed by atoms with Gasteiger partial charge in [0.1, 0.15) is 55.6 Å². The second kappa shape index (κ2) is 17.8. The van der Waals surface area contributed by atoms with Gasteiger partial charge in [0.05, 0.1) is 17.7 Å². The zero-order chi connectivity index (χ0) is 38.0. The van der Waals surface area contributed by atoms with Gasteiger partial charge in [-0.15, -0.1) is 0 Å². The summed E-state index contributed by atoms with van der Waals surface area (Å²) in [6, 6.07) is 18.4. The van der Waals surface area contributed by atoms with Crippen molar-refractivity contribution in [2.24, 2.45) is 0 Å². The number of amides is 1. The highest BCUT2D eigenvalue weighted by atomic mass is 35.5. The molecular formula is C40H43ClN4O8. The third-order valence-electron chi connectivity index (χ3n) is 8.24. The molecule has 0 saturated carbocycles. The number of hydrogen-bond acceptors (Lipinski definition) is 11. The lowest BCUT2D eigenvalue weighted by atomic mass is 9.96. The van der Waals surface area contributed by atoms with Gasteiger partial charge in [-0.3, -0.25) is 9.78 Å². The normalized spacial score (nSPS) is 12.6. The van der Waals surface area contributed by atoms with E-state index in [0.717, 1.165) is 28.0 Å². The number of halogens is 1. The number of benzene rings is 3. The first-order valence-electron chi connectivity index (χ1n) is 17.1.